The molecule has 0 bridgehead atoms. The molecule has 0 saturated heterocycles. The Morgan fingerprint density at radius 3 is 2.53 bits per heavy atom. The lowest BCUT2D eigenvalue weighted by Crippen LogP contribution is -2.19. The molecule has 0 aromatic carbocycles. The molecule has 0 radical (unpaired) electrons. The van der Waals surface area contributed by atoms with Crippen molar-refractivity contribution < 1.29 is 18.3 Å². The minimum Gasteiger partial charge on any atom is -0.379 e. The highest BCUT2D eigenvalue weighted by Crippen LogP contribution is 2.39. The molecule has 0 spiro atoms. The predicted molar refractivity (Wildman–Crippen MR) is 52.0 cm³/mol. The minimum absolute atomic E-state index is 0.0365. The largest absolute Gasteiger partial charge is 0.419 e. The van der Waals surface area contributed by atoms with Gasteiger partial charge in [0.05, 0.1) is 0 Å². The smallest absolute Gasteiger partial charge is 0.379 e. The quantitative estimate of drug-likeness (QED) is 0.793. The third-order valence-electron chi connectivity index (χ3n) is 2.60. The lowest BCUT2D eigenvalue weighted by atomic mass is 9.99. The lowest BCUT2D eigenvalue weighted by molar-refractivity contribution is -0.205. The van der Waals surface area contributed by atoms with E-state index in [0.29, 0.717) is 0 Å². The van der Waals surface area contributed by atoms with Crippen molar-refractivity contribution in [3.05, 3.63) is 21.4 Å². The van der Waals surface area contributed by atoms with Gasteiger partial charge in [-0.1, -0.05) is 0 Å². The summed E-state index contributed by atoms with van der Waals surface area (Å²) in [5.74, 6) is 0. The summed E-state index contributed by atoms with van der Waals surface area (Å²) in [6.45, 7) is 0. The fourth-order valence-electron chi connectivity index (χ4n) is 1.81. The van der Waals surface area contributed by atoms with E-state index < -0.39 is 12.3 Å². The summed E-state index contributed by atoms with van der Waals surface area (Å²) in [4.78, 5) is 1.05. The molecule has 1 aliphatic rings. The number of hydrogen-bond acceptors (Lipinski definition) is 2. The van der Waals surface area contributed by atoms with Crippen LogP contribution >= 0.6 is 11.3 Å². The molecule has 0 fully saturated rings. The van der Waals surface area contributed by atoms with Gasteiger partial charge in [-0.15, -0.1) is 11.3 Å². The molecule has 1 aliphatic carbocycles. The highest BCUT2D eigenvalue weighted by atomic mass is 32.1. The molecule has 1 N–H and O–H groups in total. The zero-order valence-electron chi connectivity index (χ0n) is 7.97. The van der Waals surface area contributed by atoms with E-state index >= 15 is 0 Å². The fraction of sp³-hybridized carbons (Fsp3) is 0.600. The molecule has 2 rings (SSSR count). The number of rotatable bonds is 1. The van der Waals surface area contributed by atoms with E-state index in [1.54, 1.807) is 0 Å². The topological polar surface area (TPSA) is 20.2 Å². The summed E-state index contributed by atoms with van der Waals surface area (Å²) < 4.78 is 36.8. The summed E-state index contributed by atoms with van der Waals surface area (Å²) in [5.41, 5.74) is 0.990. The van der Waals surface area contributed by atoms with E-state index in [4.69, 9.17) is 5.11 Å². The average molecular weight is 236 g/mol. The molecular formula is C10H11F3OS. The van der Waals surface area contributed by atoms with Crippen LogP contribution in [0.4, 0.5) is 13.2 Å². The summed E-state index contributed by atoms with van der Waals surface area (Å²) in [6.07, 6.45) is -3.09. The summed E-state index contributed by atoms with van der Waals surface area (Å²) in [6, 6.07) is 1.51. The van der Waals surface area contributed by atoms with E-state index in [1.165, 1.54) is 6.07 Å². The summed E-state index contributed by atoms with van der Waals surface area (Å²) >= 11 is 1.10. The van der Waals surface area contributed by atoms with Crippen LogP contribution in [-0.2, 0) is 12.8 Å². The molecule has 15 heavy (non-hydrogen) atoms. The molecule has 1 heterocycles. The number of alkyl halides is 3. The number of hydrogen-bond donors (Lipinski definition) is 1. The van der Waals surface area contributed by atoms with Crippen LogP contribution in [0.1, 0.15) is 34.3 Å². The molecular weight excluding hydrogens is 225 g/mol. The Hall–Kier alpha value is -0.550. The second kappa shape index (κ2) is 3.79. The van der Waals surface area contributed by atoms with Crippen molar-refractivity contribution in [3.8, 4) is 0 Å². The monoisotopic (exact) mass is 236 g/mol. The van der Waals surface area contributed by atoms with Crippen molar-refractivity contribution in [3.63, 3.8) is 0 Å². The van der Waals surface area contributed by atoms with Gasteiger partial charge < -0.3 is 5.11 Å². The first kappa shape index (κ1) is 11.0. The highest BCUT2D eigenvalue weighted by molar-refractivity contribution is 7.12. The number of fused-ring (bicyclic) bond motifs is 1. The SMILES string of the molecule is O[C@@H](c1cc2c(s1)CCCC2)C(F)(F)F. The Morgan fingerprint density at radius 1 is 1.27 bits per heavy atom. The maximum absolute atomic E-state index is 12.3. The van der Waals surface area contributed by atoms with E-state index in [1.807, 2.05) is 0 Å². The molecule has 1 nitrogen and oxygen atoms in total. The second-order valence-corrected chi connectivity index (χ2v) is 4.92. The van der Waals surface area contributed by atoms with Gasteiger partial charge >= 0.3 is 6.18 Å². The van der Waals surface area contributed by atoms with Crippen LogP contribution in [0.25, 0.3) is 0 Å². The maximum Gasteiger partial charge on any atom is 0.419 e. The molecule has 84 valence electrons. The molecule has 1 aromatic rings. The van der Waals surface area contributed by atoms with Gasteiger partial charge in [-0.05, 0) is 37.3 Å². The van der Waals surface area contributed by atoms with Crippen LogP contribution in [0, 0.1) is 0 Å². The zero-order valence-corrected chi connectivity index (χ0v) is 8.79. The van der Waals surface area contributed by atoms with Crippen molar-refractivity contribution in [2.75, 3.05) is 0 Å². The van der Waals surface area contributed by atoms with Gasteiger partial charge in [0, 0.05) is 9.75 Å². The number of aryl methyl sites for hydroxylation is 2. The summed E-state index contributed by atoms with van der Waals surface area (Å²) in [5, 5.41) is 9.09. The van der Waals surface area contributed by atoms with E-state index in [0.717, 1.165) is 47.5 Å². The van der Waals surface area contributed by atoms with E-state index in [-0.39, 0.29) is 4.88 Å². The third kappa shape index (κ3) is 2.18. The standard InChI is InChI=1S/C10H11F3OS/c11-10(12,13)9(14)8-5-6-3-1-2-4-7(6)15-8/h5,9,14H,1-4H2/t9-/m0/s1. The lowest BCUT2D eigenvalue weighted by Gasteiger charge is -2.11. The first-order valence-electron chi connectivity index (χ1n) is 4.85. The normalized spacial score (nSPS) is 18.7. The first-order valence-corrected chi connectivity index (χ1v) is 5.66. The van der Waals surface area contributed by atoms with Gasteiger partial charge in [0.1, 0.15) is 0 Å². The van der Waals surface area contributed by atoms with Crippen LogP contribution in [0.3, 0.4) is 0 Å². The molecule has 0 saturated carbocycles. The van der Waals surface area contributed by atoms with Gasteiger partial charge in [-0.2, -0.15) is 13.2 Å². The molecule has 1 aromatic heterocycles. The van der Waals surface area contributed by atoms with E-state index in [9.17, 15) is 13.2 Å². The zero-order chi connectivity index (χ0) is 11.1. The van der Waals surface area contributed by atoms with Crippen LogP contribution in [0.5, 0.6) is 0 Å². The predicted octanol–water partition coefficient (Wildman–Crippen LogP) is 3.22. The first-order chi connectivity index (χ1) is 6.98. The van der Waals surface area contributed by atoms with Crippen LogP contribution in [-0.4, -0.2) is 11.3 Å². The Bertz CT molecular complexity index is 333. The number of aliphatic hydroxyl groups excluding tert-OH is 1. The number of halogens is 3. The van der Waals surface area contributed by atoms with Gasteiger partial charge in [-0.3, -0.25) is 0 Å². The Kier molecular flexibility index (Phi) is 2.77. The third-order valence-corrected chi connectivity index (χ3v) is 3.88. The number of thiophene rings is 1. The van der Waals surface area contributed by atoms with Gasteiger partial charge in [0.15, 0.2) is 6.10 Å². The molecule has 5 heteroatoms. The van der Waals surface area contributed by atoms with E-state index in [2.05, 4.69) is 0 Å². The Balaban J connectivity index is 2.26. The van der Waals surface area contributed by atoms with Crippen molar-refractivity contribution in [2.24, 2.45) is 0 Å². The fourth-order valence-corrected chi connectivity index (χ4v) is 3.08. The van der Waals surface area contributed by atoms with Gasteiger partial charge in [0.25, 0.3) is 0 Å². The van der Waals surface area contributed by atoms with Crippen LogP contribution in [0.15, 0.2) is 6.07 Å². The molecule has 0 aliphatic heterocycles. The van der Waals surface area contributed by atoms with Crippen molar-refractivity contribution in [1.29, 1.82) is 0 Å². The summed E-state index contributed by atoms with van der Waals surface area (Å²) in [7, 11) is 0. The number of aliphatic hydroxyl groups is 1. The molecule has 0 unspecified atom stereocenters. The van der Waals surface area contributed by atoms with Crippen molar-refractivity contribution >= 4 is 11.3 Å². The highest BCUT2D eigenvalue weighted by Gasteiger charge is 2.40. The Labute approximate surface area is 89.5 Å². The van der Waals surface area contributed by atoms with Crippen molar-refractivity contribution in [1.82, 2.24) is 0 Å². The minimum atomic E-state index is -4.55. The second-order valence-electron chi connectivity index (χ2n) is 3.75. The molecule has 1 atom stereocenters. The maximum atomic E-state index is 12.3. The Morgan fingerprint density at radius 2 is 1.93 bits per heavy atom. The molecule has 0 amide bonds. The van der Waals surface area contributed by atoms with Gasteiger partial charge in [-0.25, -0.2) is 0 Å². The van der Waals surface area contributed by atoms with Crippen LogP contribution < -0.4 is 0 Å². The van der Waals surface area contributed by atoms with Gasteiger partial charge in [0.2, 0.25) is 0 Å². The van der Waals surface area contributed by atoms with Crippen molar-refractivity contribution in [2.45, 2.75) is 38.0 Å². The average Bonchev–Trinajstić information content (AvgIpc) is 2.58. The van der Waals surface area contributed by atoms with Crippen LogP contribution in [0.2, 0.25) is 0 Å².